The highest BCUT2D eigenvalue weighted by Gasteiger charge is 2.42. The van der Waals surface area contributed by atoms with Gasteiger partial charge in [0.1, 0.15) is 0 Å². The minimum absolute atomic E-state index is 0.0458. The Morgan fingerprint density at radius 3 is 2.64 bits per heavy atom. The van der Waals surface area contributed by atoms with Crippen LogP contribution in [0, 0.1) is 0 Å². The molecule has 0 aliphatic carbocycles. The first-order valence-electron chi connectivity index (χ1n) is 3.25. The zero-order valence-electron chi connectivity index (χ0n) is 6.49. The van der Waals surface area contributed by atoms with E-state index in [2.05, 4.69) is 9.94 Å². The van der Waals surface area contributed by atoms with Crippen molar-refractivity contribution in [3.05, 3.63) is 28.7 Å². The zero-order chi connectivity index (χ0) is 10.8. The molecule has 0 amide bonds. The summed E-state index contributed by atoms with van der Waals surface area (Å²) >= 11 is 0. The van der Waals surface area contributed by atoms with Crippen molar-refractivity contribution >= 4 is 5.97 Å². The average molecular weight is 208 g/mol. The van der Waals surface area contributed by atoms with E-state index in [9.17, 15) is 22.8 Å². The molecular formula is C6H3F3N2O3. The fourth-order valence-corrected chi connectivity index (χ4v) is 0.544. The molecule has 0 N–H and O–H groups in total. The first-order valence-corrected chi connectivity index (χ1v) is 3.25. The van der Waals surface area contributed by atoms with Gasteiger partial charge < -0.3 is 4.84 Å². The molecule has 0 spiro atoms. The molecule has 76 valence electrons. The third kappa shape index (κ3) is 2.31. The molecule has 0 atom stereocenters. The van der Waals surface area contributed by atoms with Crippen molar-refractivity contribution in [3.63, 3.8) is 0 Å². The van der Waals surface area contributed by atoms with Gasteiger partial charge in [-0.15, -0.1) is 5.10 Å². The van der Waals surface area contributed by atoms with Gasteiger partial charge in [-0.1, -0.05) is 0 Å². The Hall–Kier alpha value is -1.86. The van der Waals surface area contributed by atoms with E-state index >= 15 is 0 Å². The molecule has 14 heavy (non-hydrogen) atoms. The number of halogens is 3. The zero-order valence-corrected chi connectivity index (χ0v) is 6.49. The maximum absolute atomic E-state index is 11.6. The molecule has 0 radical (unpaired) electrons. The predicted molar refractivity (Wildman–Crippen MR) is 36.1 cm³/mol. The molecule has 0 aromatic carbocycles. The van der Waals surface area contributed by atoms with Crippen LogP contribution in [-0.4, -0.2) is 22.1 Å². The number of hydrogen-bond acceptors (Lipinski definition) is 4. The summed E-state index contributed by atoms with van der Waals surface area (Å²) in [6, 6.07) is 2.09. The number of nitrogens with zero attached hydrogens (tertiary/aromatic N) is 2. The van der Waals surface area contributed by atoms with Gasteiger partial charge in [0.05, 0.1) is 6.20 Å². The highest BCUT2D eigenvalue weighted by atomic mass is 19.4. The van der Waals surface area contributed by atoms with Gasteiger partial charge in [0.25, 0.3) is 0 Å². The molecule has 0 aliphatic heterocycles. The molecule has 1 rings (SSSR count). The van der Waals surface area contributed by atoms with Crippen LogP contribution in [0.25, 0.3) is 0 Å². The summed E-state index contributed by atoms with van der Waals surface area (Å²) in [5.74, 6) is -2.50. The van der Waals surface area contributed by atoms with E-state index in [0.29, 0.717) is 0 Å². The van der Waals surface area contributed by atoms with Crippen LogP contribution in [0.4, 0.5) is 13.2 Å². The molecule has 8 heteroatoms. The number of aromatic nitrogens is 2. The minimum atomic E-state index is -5.16. The second kappa shape index (κ2) is 3.48. The highest BCUT2D eigenvalue weighted by molar-refractivity contribution is 5.75. The quantitative estimate of drug-likeness (QED) is 0.639. The minimum Gasteiger partial charge on any atom is -0.306 e. The smallest absolute Gasteiger partial charge is 0.306 e. The molecular weight excluding hydrogens is 205 g/mol. The normalized spacial score (nSPS) is 11.1. The Morgan fingerprint density at radius 1 is 1.50 bits per heavy atom. The molecule has 0 saturated carbocycles. The van der Waals surface area contributed by atoms with Crippen LogP contribution in [0.15, 0.2) is 23.1 Å². The molecule has 0 saturated heterocycles. The van der Waals surface area contributed by atoms with Crippen LogP contribution in [0.2, 0.25) is 0 Å². The van der Waals surface area contributed by atoms with E-state index in [1.165, 1.54) is 6.07 Å². The molecule has 1 aromatic heterocycles. The Kier molecular flexibility index (Phi) is 2.54. The second-order valence-electron chi connectivity index (χ2n) is 2.11. The maximum Gasteiger partial charge on any atom is 0.493 e. The van der Waals surface area contributed by atoms with Crippen LogP contribution < -0.4 is 10.4 Å². The van der Waals surface area contributed by atoms with Gasteiger partial charge in [-0.3, -0.25) is 4.79 Å². The van der Waals surface area contributed by atoms with Gasteiger partial charge in [0.2, 0.25) is 0 Å². The SMILES string of the molecule is O=C(On1ncccc1=O)C(F)(F)F. The van der Waals surface area contributed by atoms with E-state index in [4.69, 9.17) is 0 Å². The van der Waals surface area contributed by atoms with E-state index in [1.54, 1.807) is 0 Å². The van der Waals surface area contributed by atoms with E-state index in [0.717, 1.165) is 12.3 Å². The van der Waals surface area contributed by atoms with Crippen molar-refractivity contribution in [1.82, 2.24) is 9.94 Å². The third-order valence-corrected chi connectivity index (χ3v) is 1.09. The Bertz CT molecular complexity index is 398. The van der Waals surface area contributed by atoms with Crippen molar-refractivity contribution in [2.24, 2.45) is 0 Å². The molecule has 5 nitrogen and oxygen atoms in total. The molecule has 0 bridgehead atoms. The summed E-state index contributed by atoms with van der Waals surface area (Å²) in [6.45, 7) is 0. The van der Waals surface area contributed by atoms with Crippen molar-refractivity contribution in [1.29, 1.82) is 0 Å². The Labute approximate surface area is 74.7 Å². The number of alkyl halides is 3. The lowest BCUT2D eigenvalue weighted by Gasteiger charge is -2.05. The summed E-state index contributed by atoms with van der Waals surface area (Å²) in [4.78, 5) is 24.6. The Balaban J connectivity index is 2.86. The first-order chi connectivity index (χ1) is 6.41. The van der Waals surface area contributed by atoms with E-state index < -0.39 is 17.7 Å². The van der Waals surface area contributed by atoms with Gasteiger partial charge >= 0.3 is 17.7 Å². The lowest BCUT2D eigenvalue weighted by Crippen LogP contribution is -2.39. The van der Waals surface area contributed by atoms with Gasteiger partial charge in [-0.05, 0) is 10.9 Å². The van der Waals surface area contributed by atoms with Crippen LogP contribution in [0.3, 0.4) is 0 Å². The molecule has 0 fully saturated rings. The summed E-state index contributed by atoms with van der Waals surface area (Å²) in [5, 5.41) is 3.09. The van der Waals surface area contributed by atoms with Crippen LogP contribution >= 0.6 is 0 Å². The Morgan fingerprint density at radius 2 is 2.14 bits per heavy atom. The molecule has 0 unspecified atom stereocenters. The fraction of sp³-hybridized carbons (Fsp3) is 0.167. The lowest BCUT2D eigenvalue weighted by molar-refractivity contribution is -0.202. The number of carbonyl (C=O) groups is 1. The van der Waals surface area contributed by atoms with Crippen molar-refractivity contribution < 1.29 is 22.8 Å². The van der Waals surface area contributed by atoms with Crippen LogP contribution in [-0.2, 0) is 4.79 Å². The average Bonchev–Trinajstić information content (AvgIpc) is 2.07. The van der Waals surface area contributed by atoms with Crippen LogP contribution in [0.1, 0.15) is 0 Å². The van der Waals surface area contributed by atoms with Crippen molar-refractivity contribution in [3.8, 4) is 0 Å². The lowest BCUT2D eigenvalue weighted by atomic mass is 10.6. The van der Waals surface area contributed by atoms with Gasteiger partial charge in [-0.25, -0.2) is 4.79 Å². The second-order valence-corrected chi connectivity index (χ2v) is 2.11. The molecule has 1 heterocycles. The van der Waals surface area contributed by atoms with Crippen molar-refractivity contribution in [2.45, 2.75) is 6.18 Å². The first kappa shape index (κ1) is 10.2. The largest absolute Gasteiger partial charge is 0.493 e. The summed E-state index contributed by atoms with van der Waals surface area (Å²) in [6.07, 6.45) is -4.15. The fourth-order valence-electron chi connectivity index (χ4n) is 0.544. The monoisotopic (exact) mass is 208 g/mol. The van der Waals surface area contributed by atoms with Crippen LogP contribution in [0.5, 0.6) is 0 Å². The predicted octanol–water partition coefficient (Wildman–Crippen LogP) is -0.239. The summed E-state index contributed by atoms with van der Waals surface area (Å²) in [7, 11) is 0. The molecule has 0 aliphatic rings. The standard InChI is InChI=1S/C6H3F3N2O3/c7-6(8,9)5(13)14-11-4(12)2-1-3-10-11/h1-3H. The number of hydrogen-bond donors (Lipinski definition) is 0. The summed E-state index contributed by atoms with van der Waals surface area (Å²) in [5.41, 5.74) is -0.968. The molecule has 1 aromatic rings. The topological polar surface area (TPSA) is 61.2 Å². The van der Waals surface area contributed by atoms with E-state index in [1.807, 2.05) is 0 Å². The summed E-state index contributed by atoms with van der Waals surface area (Å²) < 4.78 is 34.9. The van der Waals surface area contributed by atoms with Crippen molar-refractivity contribution in [2.75, 3.05) is 0 Å². The van der Waals surface area contributed by atoms with E-state index in [-0.39, 0.29) is 4.85 Å². The van der Waals surface area contributed by atoms with Gasteiger partial charge in [0.15, 0.2) is 0 Å². The number of rotatable bonds is 1. The van der Waals surface area contributed by atoms with Gasteiger partial charge in [0, 0.05) is 6.07 Å². The number of carbonyl (C=O) groups excluding carboxylic acids is 1. The van der Waals surface area contributed by atoms with Gasteiger partial charge in [-0.2, -0.15) is 13.2 Å². The maximum atomic E-state index is 11.6. The highest BCUT2D eigenvalue weighted by Crippen LogP contribution is 2.14. The third-order valence-electron chi connectivity index (χ3n) is 1.09.